The topological polar surface area (TPSA) is 519 Å². The second-order valence-electron chi connectivity index (χ2n) is 24.1. The third-order valence-electron chi connectivity index (χ3n) is 16.0. The van der Waals surface area contributed by atoms with Crippen molar-refractivity contribution >= 4 is 94.5 Å². The number of nitrogens with zero attached hydrogens (tertiary/aromatic N) is 3. The number of thioether (sulfide) groups is 1. The minimum atomic E-state index is -1.64. The van der Waals surface area contributed by atoms with Gasteiger partial charge in [0.05, 0.1) is 12.6 Å². The van der Waals surface area contributed by atoms with Crippen LogP contribution < -0.4 is 82.7 Å². The van der Waals surface area contributed by atoms with Crippen LogP contribution in [0.1, 0.15) is 121 Å². The Hall–Kier alpha value is -8.91. The largest absolute Gasteiger partial charge is 0.370 e. The summed E-state index contributed by atoms with van der Waals surface area (Å²) in [5.74, 6) is -9.80. The maximum absolute atomic E-state index is 14.7. The summed E-state index contributed by atoms with van der Waals surface area (Å²) >= 11 is 1.45. The number of likely N-dealkylation sites (tertiary alicyclic amines) is 2. The fourth-order valence-electron chi connectivity index (χ4n) is 11.0. The zero-order valence-electron chi connectivity index (χ0n) is 54.5. The molecule has 2 aromatic carbocycles. The number of unbranched alkanes of at least 4 members (excludes halogenated alkanes) is 1. The van der Waals surface area contributed by atoms with Crippen LogP contribution in [0.25, 0.3) is 0 Å². The second kappa shape index (κ2) is 41.0. The molecule has 0 saturated carbocycles. The van der Waals surface area contributed by atoms with Crippen molar-refractivity contribution in [3.05, 3.63) is 71.8 Å². The van der Waals surface area contributed by atoms with E-state index in [1.807, 2.05) is 20.1 Å². The van der Waals surface area contributed by atoms with Gasteiger partial charge in [-0.2, -0.15) is 11.8 Å². The zero-order valence-corrected chi connectivity index (χ0v) is 55.3. The van der Waals surface area contributed by atoms with Gasteiger partial charge >= 0.3 is 0 Å². The van der Waals surface area contributed by atoms with Crippen molar-refractivity contribution in [2.45, 2.75) is 183 Å². The first-order valence-corrected chi connectivity index (χ1v) is 33.6. The molecular formula is C63H98N18O13S. The van der Waals surface area contributed by atoms with Crippen LogP contribution in [0.15, 0.2) is 65.7 Å². The fourth-order valence-corrected chi connectivity index (χ4v) is 11.5. The molecule has 2 aliphatic heterocycles. The lowest BCUT2D eigenvalue weighted by Crippen LogP contribution is -2.60. The Morgan fingerprint density at radius 2 is 1.01 bits per heavy atom. The van der Waals surface area contributed by atoms with Crippen LogP contribution in [0, 0.1) is 5.92 Å². The van der Waals surface area contributed by atoms with Crippen molar-refractivity contribution in [1.82, 2.24) is 52.3 Å². The Balaban J connectivity index is 1.56. The van der Waals surface area contributed by atoms with E-state index < -0.39 is 169 Å². The van der Waals surface area contributed by atoms with Crippen molar-refractivity contribution in [2.75, 3.05) is 44.7 Å². The van der Waals surface area contributed by atoms with Crippen molar-refractivity contribution in [1.29, 1.82) is 0 Å². The maximum Gasteiger partial charge on any atom is 0.245 e. The number of primary amides is 3. The molecule has 31 nitrogen and oxygen atoms in total. The van der Waals surface area contributed by atoms with Gasteiger partial charge in [-0.3, -0.25) is 67.3 Å². The van der Waals surface area contributed by atoms with Crippen molar-refractivity contribution in [3.63, 3.8) is 0 Å². The molecule has 2 saturated heterocycles. The van der Waals surface area contributed by atoms with Gasteiger partial charge in [0.1, 0.15) is 54.4 Å². The van der Waals surface area contributed by atoms with Crippen LogP contribution in [0.5, 0.6) is 0 Å². The summed E-state index contributed by atoms with van der Waals surface area (Å²) in [6.07, 6.45) is 3.12. The van der Waals surface area contributed by atoms with Crippen molar-refractivity contribution in [3.8, 4) is 0 Å². The number of benzene rings is 2. The lowest BCUT2D eigenvalue weighted by atomic mass is 10.0. The number of nitrogens with two attached hydrogens (primary N) is 7. The predicted octanol–water partition coefficient (Wildman–Crippen LogP) is -3.71. The zero-order chi connectivity index (χ0) is 70.1. The highest BCUT2D eigenvalue weighted by atomic mass is 32.2. The van der Waals surface area contributed by atoms with Gasteiger partial charge in [0.15, 0.2) is 5.96 Å². The van der Waals surface area contributed by atoms with Gasteiger partial charge in [0.2, 0.25) is 76.8 Å². The summed E-state index contributed by atoms with van der Waals surface area (Å²) in [5.41, 5.74) is 40.6. The first-order chi connectivity index (χ1) is 45.2. The quantitative estimate of drug-likeness (QED) is 0.0173. The molecule has 2 fully saturated rings. The van der Waals surface area contributed by atoms with Crippen LogP contribution in [-0.2, 0) is 75.2 Å². The Bertz CT molecular complexity index is 2960. The SMILES string of the molecule is CSCC[C@H](NC(=O)[C@@H](CC(C)C)NC(=O)CNC(=O)[C@@H](Cc1ccccc1)NC(=O)[C@H](Cc1ccccc1)NC(=O)[C@@H](CCC(N)=O)NC(=O)[C@@H](CCC(N)=O)NC(=O)[C@@H]1CCCN1C(=O)[C@@H](CCCCN)NC(=O)[C@H]1CCCN1C(=O)[C@H](N)CCCN=C(N)N)C(N)=O. The van der Waals surface area contributed by atoms with Crippen LogP contribution >= 0.6 is 11.8 Å². The highest BCUT2D eigenvalue weighted by Crippen LogP contribution is 2.24. The number of guanidine groups is 1. The Kier molecular flexibility index (Phi) is 33.9. The van der Waals surface area contributed by atoms with Gasteiger partial charge in [0.25, 0.3) is 0 Å². The number of carbonyl (C=O) groups is 13. The second-order valence-corrected chi connectivity index (χ2v) is 25.1. The number of rotatable bonds is 42. The number of amides is 13. The van der Waals surface area contributed by atoms with Crippen molar-refractivity contribution in [2.24, 2.45) is 51.0 Å². The van der Waals surface area contributed by atoms with E-state index in [1.165, 1.54) is 21.6 Å². The normalized spacial score (nSPS) is 16.8. The fraction of sp³-hybridized carbons (Fsp3) is 0.587. The molecule has 524 valence electrons. The first kappa shape index (κ1) is 78.5. The molecule has 95 heavy (non-hydrogen) atoms. The van der Waals surface area contributed by atoms with Gasteiger partial charge in [-0.25, -0.2) is 0 Å². The summed E-state index contributed by atoms with van der Waals surface area (Å²) in [6, 6.07) is 4.51. The summed E-state index contributed by atoms with van der Waals surface area (Å²) in [7, 11) is 0. The predicted molar refractivity (Wildman–Crippen MR) is 356 cm³/mol. The lowest BCUT2D eigenvalue weighted by Gasteiger charge is -2.32. The molecule has 0 spiro atoms. The molecular weight excluding hydrogens is 1250 g/mol. The highest BCUT2D eigenvalue weighted by molar-refractivity contribution is 7.98. The molecule has 0 aliphatic carbocycles. The summed E-state index contributed by atoms with van der Waals surface area (Å²) in [5, 5.41) is 21.1. The number of aliphatic imine (C=N–C) groups is 1. The van der Waals surface area contributed by atoms with Crippen LogP contribution in [-0.4, -0.2) is 198 Å². The Morgan fingerprint density at radius 3 is 1.51 bits per heavy atom. The monoisotopic (exact) mass is 1350 g/mol. The van der Waals surface area contributed by atoms with E-state index in [2.05, 4.69) is 47.5 Å². The third-order valence-corrected chi connectivity index (χ3v) is 16.7. The van der Waals surface area contributed by atoms with E-state index in [0.29, 0.717) is 55.4 Å². The van der Waals surface area contributed by atoms with Gasteiger partial charge in [0, 0.05) is 45.3 Å². The molecule has 0 bridgehead atoms. The molecule has 2 heterocycles. The molecule has 32 heteroatoms. The standard InChI is InChI=1S/C63H98N18O13S/c1-37(2)33-45(57(89)74-41(53(68)85)27-32-95-3)73-52(84)36-72-54(86)46(34-38-15-6-4-7-16-38)78-58(90)47(35-39-17-8-5-9-18-39)79-56(88)42(23-25-50(66)82)75-55(87)43(24-26-51(67)83)76-59(91)49-22-14-31-81(49)62(94)44(20-10-11-28-64)77-60(92)48-21-13-30-80(48)61(93)40(65)19-12-29-71-63(69)70/h4-9,15-18,37,40-49H,10-14,19-36,64-65H2,1-3H3,(H2,66,82)(H2,67,83)(H2,68,85)(H,72,86)(H,73,84)(H,74,89)(H,75,87)(H,76,91)(H,77,92)(H,78,90)(H,79,88)(H4,69,70,71)/t40-,41+,42-,43-,44-,45-,46-,47+,48-,49+/m1/s1. The molecule has 0 unspecified atom stereocenters. The summed E-state index contributed by atoms with van der Waals surface area (Å²) < 4.78 is 0. The molecule has 2 aromatic rings. The van der Waals surface area contributed by atoms with Crippen LogP contribution in [0.2, 0.25) is 0 Å². The first-order valence-electron chi connectivity index (χ1n) is 32.2. The van der Waals surface area contributed by atoms with Crippen molar-refractivity contribution < 1.29 is 62.3 Å². The van der Waals surface area contributed by atoms with Gasteiger partial charge in [-0.1, -0.05) is 74.5 Å². The van der Waals surface area contributed by atoms with Gasteiger partial charge < -0.3 is 92.5 Å². The molecule has 10 atom stereocenters. The maximum atomic E-state index is 14.7. The van der Waals surface area contributed by atoms with Gasteiger partial charge in [-0.05, 0) is 119 Å². The third kappa shape index (κ3) is 27.5. The lowest BCUT2D eigenvalue weighted by molar-refractivity contribution is -0.144. The van der Waals surface area contributed by atoms with E-state index in [0.717, 1.165) is 0 Å². The average molecular weight is 1350 g/mol. The van der Waals surface area contributed by atoms with E-state index in [1.54, 1.807) is 60.7 Å². The average Bonchev–Trinajstić information content (AvgIpc) is 1.74. The molecule has 22 N–H and O–H groups in total. The Labute approximate surface area is 558 Å². The van der Waals surface area contributed by atoms with Crippen LogP contribution in [0.3, 0.4) is 0 Å². The summed E-state index contributed by atoms with van der Waals surface area (Å²) in [6.45, 7) is 3.86. The van der Waals surface area contributed by atoms with E-state index in [4.69, 9.17) is 40.1 Å². The van der Waals surface area contributed by atoms with E-state index >= 15 is 0 Å². The molecule has 13 amide bonds. The molecule has 0 radical (unpaired) electrons. The van der Waals surface area contributed by atoms with E-state index in [9.17, 15) is 62.3 Å². The molecule has 0 aromatic heterocycles. The Morgan fingerprint density at radius 1 is 0.537 bits per heavy atom. The number of nitrogens with one attached hydrogen (secondary N) is 8. The summed E-state index contributed by atoms with van der Waals surface area (Å²) in [4.78, 5) is 185. The molecule has 2 aliphatic rings. The smallest absolute Gasteiger partial charge is 0.245 e. The molecule has 4 rings (SSSR count). The minimum absolute atomic E-state index is 0.0736. The van der Waals surface area contributed by atoms with Crippen LogP contribution in [0.4, 0.5) is 0 Å². The highest BCUT2D eigenvalue weighted by Gasteiger charge is 2.42. The number of hydrogen-bond acceptors (Lipinski definition) is 17. The number of carbonyl (C=O) groups excluding carboxylic acids is 13. The minimum Gasteiger partial charge on any atom is -0.370 e. The van der Waals surface area contributed by atoms with E-state index in [-0.39, 0.29) is 83.0 Å². The van der Waals surface area contributed by atoms with Gasteiger partial charge in [-0.15, -0.1) is 0 Å². The number of hydrogen-bond donors (Lipinski definition) is 15.